The van der Waals surface area contributed by atoms with Gasteiger partial charge in [-0.25, -0.2) is 0 Å². The van der Waals surface area contributed by atoms with Gasteiger partial charge in [-0.15, -0.1) is 6.42 Å². The van der Waals surface area contributed by atoms with Crippen LogP contribution in [-0.4, -0.2) is 12.1 Å². The second-order valence-electron chi connectivity index (χ2n) is 4.63. The lowest BCUT2D eigenvalue weighted by Gasteiger charge is -2.20. The standard InChI is InChI=1S/C13H21N/c1-6-7-9-12(2)10-8-11-14-13(3,4)5/h1,12,14H,8,10-11H2,2-5H3. The number of terminal acetylenes is 1. The van der Waals surface area contributed by atoms with Crippen molar-refractivity contribution in [3.63, 3.8) is 0 Å². The molecule has 0 fully saturated rings. The van der Waals surface area contributed by atoms with E-state index < -0.39 is 0 Å². The Kier molecular flexibility index (Phi) is 6.09. The van der Waals surface area contributed by atoms with Crippen molar-refractivity contribution in [2.24, 2.45) is 5.92 Å². The summed E-state index contributed by atoms with van der Waals surface area (Å²) in [6.07, 6.45) is 7.31. The van der Waals surface area contributed by atoms with Crippen LogP contribution >= 0.6 is 0 Å². The maximum Gasteiger partial charge on any atom is 0.0185 e. The van der Waals surface area contributed by atoms with E-state index in [0.29, 0.717) is 5.92 Å². The molecule has 0 radical (unpaired) electrons. The van der Waals surface area contributed by atoms with Gasteiger partial charge >= 0.3 is 0 Å². The van der Waals surface area contributed by atoms with Gasteiger partial charge in [0.05, 0.1) is 0 Å². The molecular weight excluding hydrogens is 170 g/mol. The Morgan fingerprint density at radius 1 is 1.36 bits per heavy atom. The monoisotopic (exact) mass is 191 g/mol. The van der Waals surface area contributed by atoms with Gasteiger partial charge in [-0.3, -0.25) is 0 Å². The van der Waals surface area contributed by atoms with Gasteiger partial charge in [0.15, 0.2) is 0 Å². The van der Waals surface area contributed by atoms with Gasteiger partial charge in [0.1, 0.15) is 0 Å². The Morgan fingerprint density at radius 3 is 2.50 bits per heavy atom. The van der Waals surface area contributed by atoms with Gasteiger partial charge in [0.2, 0.25) is 0 Å². The summed E-state index contributed by atoms with van der Waals surface area (Å²) >= 11 is 0. The number of hydrogen-bond donors (Lipinski definition) is 1. The maximum atomic E-state index is 5.05. The van der Waals surface area contributed by atoms with Gasteiger partial charge in [-0.1, -0.05) is 12.8 Å². The highest BCUT2D eigenvalue weighted by molar-refractivity contribution is 5.22. The van der Waals surface area contributed by atoms with Crippen molar-refractivity contribution in [3.05, 3.63) is 0 Å². The van der Waals surface area contributed by atoms with E-state index in [9.17, 15) is 0 Å². The summed E-state index contributed by atoms with van der Waals surface area (Å²) in [6, 6.07) is 0. The molecule has 14 heavy (non-hydrogen) atoms. The Bertz CT molecular complexity index is 241. The summed E-state index contributed by atoms with van der Waals surface area (Å²) < 4.78 is 0. The van der Waals surface area contributed by atoms with Crippen LogP contribution in [0.15, 0.2) is 0 Å². The highest BCUT2D eigenvalue weighted by Crippen LogP contribution is 2.04. The molecule has 0 aliphatic rings. The molecule has 0 aromatic heterocycles. The SMILES string of the molecule is C#CC#CC(C)CCCNC(C)(C)C. The zero-order valence-corrected chi connectivity index (χ0v) is 9.78. The topological polar surface area (TPSA) is 12.0 Å². The van der Waals surface area contributed by atoms with Crippen molar-refractivity contribution in [3.8, 4) is 24.2 Å². The molecule has 0 aliphatic heterocycles. The zero-order valence-electron chi connectivity index (χ0n) is 9.78. The summed E-state index contributed by atoms with van der Waals surface area (Å²) in [4.78, 5) is 0. The minimum Gasteiger partial charge on any atom is -0.312 e. The molecule has 0 saturated heterocycles. The van der Waals surface area contributed by atoms with Gasteiger partial charge in [-0.05, 0) is 52.0 Å². The average molecular weight is 191 g/mol. The van der Waals surface area contributed by atoms with Crippen LogP contribution in [0.5, 0.6) is 0 Å². The smallest absolute Gasteiger partial charge is 0.0185 e. The Morgan fingerprint density at radius 2 is 2.00 bits per heavy atom. The number of rotatable bonds is 4. The molecular formula is C13H21N. The quantitative estimate of drug-likeness (QED) is 0.531. The van der Waals surface area contributed by atoms with Crippen LogP contribution in [0, 0.1) is 30.1 Å². The predicted octanol–water partition coefficient (Wildman–Crippen LogP) is 2.43. The van der Waals surface area contributed by atoms with Crippen molar-refractivity contribution in [1.82, 2.24) is 5.32 Å². The van der Waals surface area contributed by atoms with Crippen molar-refractivity contribution in [1.29, 1.82) is 0 Å². The first kappa shape index (κ1) is 13.1. The highest BCUT2D eigenvalue weighted by atomic mass is 14.9. The van der Waals surface area contributed by atoms with E-state index in [2.05, 4.69) is 50.8 Å². The second kappa shape index (κ2) is 6.52. The lowest BCUT2D eigenvalue weighted by Crippen LogP contribution is -2.36. The largest absolute Gasteiger partial charge is 0.312 e. The lowest BCUT2D eigenvalue weighted by atomic mass is 10.0. The van der Waals surface area contributed by atoms with Crippen molar-refractivity contribution in [2.45, 2.75) is 46.1 Å². The normalized spacial score (nSPS) is 12.5. The first-order valence-corrected chi connectivity index (χ1v) is 5.17. The third-order valence-corrected chi connectivity index (χ3v) is 1.86. The Labute approximate surface area is 88.7 Å². The van der Waals surface area contributed by atoms with E-state index in [1.54, 1.807) is 0 Å². The molecule has 1 nitrogen and oxygen atoms in total. The number of hydrogen-bond acceptors (Lipinski definition) is 1. The van der Waals surface area contributed by atoms with Crippen LogP contribution in [0.3, 0.4) is 0 Å². The summed E-state index contributed by atoms with van der Waals surface area (Å²) in [6.45, 7) is 9.69. The second-order valence-corrected chi connectivity index (χ2v) is 4.63. The molecule has 0 amide bonds. The first-order valence-electron chi connectivity index (χ1n) is 5.17. The molecule has 78 valence electrons. The van der Waals surface area contributed by atoms with E-state index in [0.717, 1.165) is 19.4 Å². The summed E-state index contributed by atoms with van der Waals surface area (Å²) in [5, 5.41) is 3.44. The van der Waals surface area contributed by atoms with Gasteiger partial charge in [0, 0.05) is 11.5 Å². The van der Waals surface area contributed by atoms with Gasteiger partial charge < -0.3 is 5.32 Å². The molecule has 1 heteroatoms. The molecule has 0 rings (SSSR count). The summed E-state index contributed by atoms with van der Waals surface area (Å²) in [7, 11) is 0. The fraction of sp³-hybridized carbons (Fsp3) is 0.692. The molecule has 0 spiro atoms. The Balaban J connectivity index is 3.51. The molecule has 0 bridgehead atoms. The maximum absolute atomic E-state index is 5.05. The summed E-state index contributed by atoms with van der Waals surface area (Å²) in [5.74, 6) is 8.43. The molecule has 0 saturated carbocycles. The third-order valence-electron chi connectivity index (χ3n) is 1.86. The van der Waals surface area contributed by atoms with Crippen LogP contribution in [0.1, 0.15) is 40.5 Å². The molecule has 0 aromatic carbocycles. The van der Waals surface area contributed by atoms with Crippen LogP contribution in [0.25, 0.3) is 0 Å². The van der Waals surface area contributed by atoms with E-state index in [-0.39, 0.29) is 5.54 Å². The molecule has 1 N–H and O–H groups in total. The number of nitrogens with one attached hydrogen (secondary N) is 1. The Hall–Kier alpha value is -0.920. The van der Waals surface area contributed by atoms with Crippen LogP contribution < -0.4 is 5.32 Å². The fourth-order valence-electron chi connectivity index (χ4n) is 1.11. The van der Waals surface area contributed by atoms with Gasteiger partial charge in [0.25, 0.3) is 0 Å². The van der Waals surface area contributed by atoms with Gasteiger partial charge in [-0.2, -0.15) is 0 Å². The van der Waals surface area contributed by atoms with Crippen LogP contribution in [0.2, 0.25) is 0 Å². The van der Waals surface area contributed by atoms with E-state index >= 15 is 0 Å². The molecule has 1 unspecified atom stereocenters. The van der Waals surface area contributed by atoms with Crippen molar-refractivity contribution >= 4 is 0 Å². The fourth-order valence-corrected chi connectivity index (χ4v) is 1.11. The van der Waals surface area contributed by atoms with Crippen LogP contribution in [0.4, 0.5) is 0 Å². The molecule has 1 atom stereocenters. The van der Waals surface area contributed by atoms with E-state index in [4.69, 9.17) is 6.42 Å². The predicted molar refractivity (Wildman–Crippen MR) is 62.8 cm³/mol. The third kappa shape index (κ3) is 9.17. The van der Waals surface area contributed by atoms with Crippen molar-refractivity contribution in [2.75, 3.05) is 6.54 Å². The minimum atomic E-state index is 0.216. The minimum absolute atomic E-state index is 0.216. The molecule has 0 aromatic rings. The molecule has 0 aliphatic carbocycles. The average Bonchev–Trinajstić information content (AvgIpc) is 2.07. The van der Waals surface area contributed by atoms with Crippen LogP contribution in [-0.2, 0) is 0 Å². The molecule has 0 heterocycles. The lowest BCUT2D eigenvalue weighted by molar-refractivity contribution is 0.413. The first-order chi connectivity index (χ1) is 6.45. The zero-order chi connectivity index (χ0) is 11.0. The highest BCUT2D eigenvalue weighted by Gasteiger charge is 2.07. The summed E-state index contributed by atoms with van der Waals surface area (Å²) in [5.41, 5.74) is 0.216. The van der Waals surface area contributed by atoms with Crippen molar-refractivity contribution < 1.29 is 0 Å². The van der Waals surface area contributed by atoms with E-state index in [1.165, 1.54) is 0 Å². The van der Waals surface area contributed by atoms with E-state index in [1.807, 2.05) is 0 Å².